The molecule has 2 heterocycles. The van der Waals surface area contributed by atoms with Crippen LogP contribution in [-0.2, 0) is 5.33 Å². The van der Waals surface area contributed by atoms with Gasteiger partial charge in [-0.15, -0.1) is 0 Å². The van der Waals surface area contributed by atoms with Crippen molar-refractivity contribution < 1.29 is 0 Å². The Balaban J connectivity index is 1.88. The van der Waals surface area contributed by atoms with Crippen molar-refractivity contribution in [2.24, 2.45) is 0 Å². The normalized spacial score (nSPS) is 24.3. The molecule has 0 amide bonds. The number of benzene rings is 1. The van der Waals surface area contributed by atoms with Gasteiger partial charge in [0.15, 0.2) is 0 Å². The third-order valence-electron chi connectivity index (χ3n) is 4.33. The Morgan fingerprint density at radius 1 is 1.21 bits per heavy atom. The fraction of sp³-hybridized carbons (Fsp3) is 0.600. The van der Waals surface area contributed by atoms with Crippen LogP contribution < -0.4 is 4.90 Å². The van der Waals surface area contributed by atoms with E-state index in [2.05, 4.69) is 31.8 Å². The third-order valence-corrected chi connectivity index (χ3v) is 5.24. The summed E-state index contributed by atoms with van der Waals surface area (Å²) < 4.78 is 0. The van der Waals surface area contributed by atoms with E-state index in [1.165, 1.54) is 43.6 Å². The number of alkyl halides is 1. The molecule has 4 heteroatoms. The number of para-hydroxylation sites is 1. The Bertz CT molecular complexity index is 452. The van der Waals surface area contributed by atoms with E-state index >= 15 is 0 Å². The smallest absolute Gasteiger partial charge is 0.0642 e. The molecule has 0 radical (unpaired) electrons. The summed E-state index contributed by atoms with van der Waals surface area (Å²) in [6.07, 6.45) is 3.93. The van der Waals surface area contributed by atoms with Crippen LogP contribution in [0, 0.1) is 0 Å². The van der Waals surface area contributed by atoms with Crippen molar-refractivity contribution in [3.05, 3.63) is 28.8 Å². The minimum atomic E-state index is 0.724. The zero-order chi connectivity index (χ0) is 13.2. The Kier molecular flexibility index (Phi) is 4.35. The van der Waals surface area contributed by atoms with Gasteiger partial charge in [-0.3, -0.25) is 4.90 Å². The van der Waals surface area contributed by atoms with E-state index in [9.17, 15) is 0 Å². The molecule has 2 saturated heterocycles. The van der Waals surface area contributed by atoms with E-state index in [0.717, 1.165) is 29.5 Å². The highest BCUT2D eigenvalue weighted by Crippen LogP contribution is 2.34. The quantitative estimate of drug-likeness (QED) is 0.751. The van der Waals surface area contributed by atoms with Gasteiger partial charge in [0.05, 0.1) is 10.7 Å². The second-order valence-corrected chi connectivity index (χ2v) is 6.48. The molecule has 1 atom stereocenters. The summed E-state index contributed by atoms with van der Waals surface area (Å²) in [4.78, 5) is 5.17. The molecule has 2 nitrogen and oxygen atoms in total. The Hall–Kier alpha value is -0.250. The van der Waals surface area contributed by atoms with E-state index in [1.54, 1.807) is 0 Å². The lowest BCUT2D eigenvalue weighted by atomic mass is 10.1. The maximum atomic E-state index is 6.46. The number of nitrogens with zero attached hydrogens (tertiary/aromatic N) is 2. The molecule has 1 unspecified atom stereocenters. The second kappa shape index (κ2) is 6.02. The average molecular weight is 344 g/mol. The highest BCUT2D eigenvalue weighted by Gasteiger charge is 2.29. The van der Waals surface area contributed by atoms with E-state index in [4.69, 9.17) is 11.6 Å². The van der Waals surface area contributed by atoms with Crippen molar-refractivity contribution in [1.82, 2.24) is 4.90 Å². The molecule has 0 saturated carbocycles. The minimum Gasteiger partial charge on any atom is -0.368 e. The van der Waals surface area contributed by atoms with Gasteiger partial charge in [-0.05, 0) is 37.4 Å². The number of rotatable bonds is 2. The fourth-order valence-electron chi connectivity index (χ4n) is 3.43. The van der Waals surface area contributed by atoms with E-state index in [-0.39, 0.29) is 0 Å². The molecule has 0 N–H and O–H groups in total. The van der Waals surface area contributed by atoms with Crippen molar-refractivity contribution in [3.8, 4) is 0 Å². The lowest BCUT2D eigenvalue weighted by Gasteiger charge is -2.29. The maximum absolute atomic E-state index is 6.46. The summed E-state index contributed by atoms with van der Waals surface area (Å²) in [6.45, 7) is 4.78. The first-order chi connectivity index (χ1) is 9.29. The van der Waals surface area contributed by atoms with Gasteiger partial charge in [0.2, 0.25) is 0 Å². The maximum Gasteiger partial charge on any atom is 0.0642 e. The van der Waals surface area contributed by atoms with Gasteiger partial charge in [0.25, 0.3) is 0 Å². The van der Waals surface area contributed by atoms with Gasteiger partial charge in [0.1, 0.15) is 0 Å². The Morgan fingerprint density at radius 2 is 2.05 bits per heavy atom. The van der Waals surface area contributed by atoms with Crippen molar-refractivity contribution in [2.75, 3.05) is 31.1 Å². The van der Waals surface area contributed by atoms with Crippen LogP contribution in [0.5, 0.6) is 0 Å². The predicted octanol–water partition coefficient (Wildman–Crippen LogP) is 3.91. The Labute approximate surface area is 128 Å². The number of hydrogen-bond donors (Lipinski definition) is 0. The number of anilines is 1. The molecule has 0 bridgehead atoms. The lowest BCUT2D eigenvalue weighted by molar-refractivity contribution is 0.273. The zero-order valence-electron chi connectivity index (χ0n) is 11.1. The van der Waals surface area contributed by atoms with Crippen molar-refractivity contribution >= 4 is 33.2 Å². The van der Waals surface area contributed by atoms with Gasteiger partial charge in [-0.2, -0.15) is 0 Å². The van der Waals surface area contributed by atoms with Gasteiger partial charge in [-0.1, -0.05) is 39.7 Å². The van der Waals surface area contributed by atoms with Crippen molar-refractivity contribution in [3.63, 3.8) is 0 Å². The lowest BCUT2D eigenvalue weighted by Crippen LogP contribution is -2.37. The van der Waals surface area contributed by atoms with Crippen molar-refractivity contribution in [1.29, 1.82) is 0 Å². The summed E-state index contributed by atoms with van der Waals surface area (Å²) in [5.74, 6) is 0. The van der Waals surface area contributed by atoms with E-state index in [1.807, 2.05) is 12.1 Å². The predicted molar refractivity (Wildman–Crippen MR) is 85.5 cm³/mol. The molecule has 104 valence electrons. The van der Waals surface area contributed by atoms with Crippen LogP contribution in [-0.4, -0.2) is 37.1 Å². The van der Waals surface area contributed by atoms with E-state index < -0.39 is 0 Å². The summed E-state index contributed by atoms with van der Waals surface area (Å²) >= 11 is 10.1. The fourth-order valence-corrected chi connectivity index (χ4v) is 4.20. The van der Waals surface area contributed by atoms with Gasteiger partial charge < -0.3 is 4.90 Å². The van der Waals surface area contributed by atoms with E-state index in [0.29, 0.717) is 0 Å². The topological polar surface area (TPSA) is 6.48 Å². The van der Waals surface area contributed by atoms with Crippen LogP contribution in [0.25, 0.3) is 0 Å². The molecular weight excluding hydrogens is 324 g/mol. The molecule has 1 aromatic rings. The molecule has 19 heavy (non-hydrogen) atoms. The average Bonchev–Trinajstić information content (AvgIpc) is 2.76. The van der Waals surface area contributed by atoms with Crippen LogP contribution in [0.2, 0.25) is 5.02 Å². The molecule has 3 rings (SSSR count). The molecular formula is C15H20BrClN2. The molecule has 0 aliphatic carbocycles. The molecule has 0 spiro atoms. The van der Waals surface area contributed by atoms with Crippen LogP contribution in [0.3, 0.4) is 0 Å². The molecule has 1 aromatic carbocycles. The first kappa shape index (κ1) is 13.7. The highest BCUT2D eigenvalue weighted by molar-refractivity contribution is 9.08. The number of hydrogen-bond acceptors (Lipinski definition) is 2. The molecule has 2 fully saturated rings. The summed E-state index contributed by atoms with van der Waals surface area (Å²) in [6, 6.07) is 6.96. The van der Waals surface area contributed by atoms with Crippen LogP contribution in [0.15, 0.2) is 18.2 Å². The third kappa shape index (κ3) is 2.79. The van der Waals surface area contributed by atoms with Crippen LogP contribution in [0.1, 0.15) is 24.8 Å². The highest BCUT2D eigenvalue weighted by atomic mass is 79.9. The van der Waals surface area contributed by atoms with Gasteiger partial charge >= 0.3 is 0 Å². The number of fused-ring (bicyclic) bond motifs is 1. The van der Waals surface area contributed by atoms with Gasteiger partial charge in [0, 0.05) is 31.0 Å². The van der Waals surface area contributed by atoms with Crippen LogP contribution >= 0.6 is 27.5 Å². The number of halogens is 2. The van der Waals surface area contributed by atoms with Gasteiger partial charge in [-0.25, -0.2) is 0 Å². The molecule has 2 aliphatic heterocycles. The molecule has 0 aromatic heterocycles. The first-order valence-corrected chi connectivity index (χ1v) is 8.62. The second-order valence-electron chi connectivity index (χ2n) is 5.51. The zero-order valence-corrected chi connectivity index (χ0v) is 13.5. The summed E-state index contributed by atoms with van der Waals surface area (Å²) in [7, 11) is 0. The summed E-state index contributed by atoms with van der Waals surface area (Å²) in [5.41, 5.74) is 2.55. The Morgan fingerprint density at radius 3 is 2.89 bits per heavy atom. The monoisotopic (exact) mass is 342 g/mol. The largest absolute Gasteiger partial charge is 0.368 e. The minimum absolute atomic E-state index is 0.724. The molecule has 2 aliphatic rings. The van der Waals surface area contributed by atoms with Crippen molar-refractivity contribution in [2.45, 2.75) is 30.6 Å². The summed E-state index contributed by atoms with van der Waals surface area (Å²) in [5, 5.41) is 1.76. The van der Waals surface area contributed by atoms with Crippen LogP contribution in [0.4, 0.5) is 5.69 Å². The standard InChI is InChI=1S/C15H20BrClN2/c16-10-12-4-1-6-14(17)15(12)19-9-3-8-18-7-2-5-13(18)11-19/h1,4,6,13H,2-3,5,7-11H2. The SMILES string of the molecule is Clc1cccc(CBr)c1N1CCCN2CCCC2C1. The first-order valence-electron chi connectivity index (χ1n) is 7.12.